The molecule has 0 radical (unpaired) electrons. The molecule has 0 bridgehead atoms. The van der Waals surface area contributed by atoms with Crippen LogP contribution in [-0.4, -0.2) is 12.1 Å². The lowest BCUT2D eigenvalue weighted by Crippen LogP contribution is -2.28. The number of ether oxygens (including phenoxy) is 2. The number of nitrogens with zero attached hydrogens (tertiary/aromatic N) is 1. The highest BCUT2D eigenvalue weighted by Crippen LogP contribution is 2.43. The SMILES string of the molecule is COc1ccc(Br)cc1[C@@H]1C(C#N)=C(N)Oc2cc(C)[nH]c(=O)c21. The van der Waals surface area contributed by atoms with Gasteiger partial charge in [0, 0.05) is 21.8 Å². The molecule has 6 nitrogen and oxygen atoms in total. The minimum absolute atomic E-state index is 0.0120. The summed E-state index contributed by atoms with van der Waals surface area (Å²) in [5, 5.41) is 9.56. The molecule has 0 amide bonds. The van der Waals surface area contributed by atoms with E-state index < -0.39 is 5.92 Å². The number of aromatic amines is 1. The second-order valence-corrected chi connectivity index (χ2v) is 6.29. The molecule has 2 heterocycles. The Balaban J connectivity index is 2.37. The van der Waals surface area contributed by atoms with Gasteiger partial charge in [-0.15, -0.1) is 0 Å². The van der Waals surface area contributed by atoms with Crippen molar-refractivity contribution in [1.29, 1.82) is 5.26 Å². The lowest BCUT2D eigenvalue weighted by atomic mass is 9.83. The molecular formula is C17H14BrN3O3. The number of hydrogen-bond acceptors (Lipinski definition) is 5. The first-order valence-electron chi connectivity index (χ1n) is 7.11. The number of aryl methyl sites for hydroxylation is 1. The number of benzene rings is 1. The number of methoxy groups -OCH3 is 1. The number of fused-ring (bicyclic) bond motifs is 1. The van der Waals surface area contributed by atoms with Crippen molar-refractivity contribution in [3.63, 3.8) is 0 Å². The quantitative estimate of drug-likeness (QED) is 0.824. The maximum Gasteiger partial charge on any atom is 0.256 e. The van der Waals surface area contributed by atoms with E-state index in [1.165, 1.54) is 7.11 Å². The third-order valence-corrected chi connectivity index (χ3v) is 4.35. The molecule has 0 fully saturated rings. The van der Waals surface area contributed by atoms with Crippen molar-refractivity contribution in [2.45, 2.75) is 12.8 Å². The van der Waals surface area contributed by atoms with E-state index in [-0.39, 0.29) is 17.0 Å². The molecule has 1 aliphatic heterocycles. The van der Waals surface area contributed by atoms with E-state index in [4.69, 9.17) is 15.2 Å². The molecule has 3 rings (SSSR count). The Hall–Kier alpha value is -2.72. The topological polar surface area (TPSA) is 101 Å². The van der Waals surface area contributed by atoms with E-state index in [1.54, 1.807) is 19.1 Å². The lowest BCUT2D eigenvalue weighted by molar-refractivity contribution is 0.384. The fourth-order valence-corrected chi connectivity index (χ4v) is 3.23. The van der Waals surface area contributed by atoms with Crippen LogP contribution >= 0.6 is 15.9 Å². The smallest absolute Gasteiger partial charge is 0.256 e. The monoisotopic (exact) mass is 387 g/mol. The van der Waals surface area contributed by atoms with Crippen LogP contribution < -0.4 is 20.8 Å². The number of pyridine rings is 1. The largest absolute Gasteiger partial charge is 0.496 e. The van der Waals surface area contributed by atoms with Gasteiger partial charge in [-0.1, -0.05) is 15.9 Å². The van der Waals surface area contributed by atoms with Gasteiger partial charge < -0.3 is 20.2 Å². The predicted molar refractivity (Wildman–Crippen MR) is 91.8 cm³/mol. The van der Waals surface area contributed by atoms with Crippen molar-refractivity contribution in [2.24, 2.45) is 5.73 Å². The molecule has 1 aliphatic rings. The van der Waals surface area contributed by atoms with Crippen LogP contribution in [0.3, 0.4) is 0 Å². The summed E-state index contributed by atoms with van der Waals surface area (Å²) < 4.78 is 11.7. The highest BCUT2D eigenvalue weighted by molar-refractivity contribution is 9.10. The van der Waals surface area contributed by atoms with Crippen LogP contribution in [0.4, 0.5) is 0 Å². The molecule has 0 unspecified atom stereocenters. The molecule has 3 N–H and O–H groups in total. The van der Waals surface area contributed by atoms with Crippen molar-refractivity contribution in [1.82, 2.24) is 4.98 Å². The maximum absolute atomic E-state index is 12.6. The van der Waals surface area contributed by atoms with Gasteiger partial charge in [0.05, 0.1) is 18.6 Å². The Morgan fingerprint density at radius 2 is 2.17 bits per heavy atom. The van der Waals surface area contributed by atoms with Crippen molar-refractivity contribution >= 4 is 15.9 Å². The van der Waals surface area contributed by atoms with E-state index in [2.05, 4.69) is 27.0 Å². The van der Waals surface area contributed by atoms with Crippen LogP contribution in [0.1, 0.15) is 22.7 Å². The molecule has 0 spiro atoms. The van der Waals surface area contributed by atoms with Crippen molar-refractivity contribution in [3.05, 3.63) is 67.4 Å². The minimum Gasteiger partial charge on any atom is -0.496 e. The number of nitrogens with one attached hydrogen (secondary N) is 1. The Morgan fingerprint density at radius 3 is 2.83 bits per heavy atom. The summed E-state index contributed by atoms with van der Waals surface area (Å²) in [5.41, 5.74) is 7.42. The Labute approximate surface area is 146 Å². The van der Waals surface area contributed by atoms with Crippen LogP contribution in [0.25, 0.3) is 0 Å². The van der Waals surface area contributed by atoms with Crippen LogP contribution in [0.5, 0.6) is 11.5 Å². The highest BCUT2D eigenvalue weighted by Gasteiger charge is 2.35. The first kappa shape index (κ1) is 16.1. The predicted octanol–water partition coefficient (Wildman–Crippen LogP) is 2.67. The van der Waals surface area contributed by atoms with E-state index in [9.17, 15) is 10.1 Å². The van der Waals surface area contributed by atoms with Gasteiger partial charge in [0.1, 0.15) is 23.1 Å². The molecule has 1 aromatic heterocycles. The molecule has 2 aromatic rings. The number of aromatic nitrogens is 1. The van der Waals surface area contributed by atoms with E-state index >= 15 is 0 Å². The molecule has 0 saturated carbocycles. The van der Waals surface area contributed by atoms with Gasteiger partial charge in [0.15, 0.2) is 0 Å². The molecule has 7 heteroatoms. The highest BCUT2D eigenvalue weighted by atomic mass is 79.9. The summed E-state index contributed by atoms with van der Waals surface area (Å²) in [6.45, 7) is 1.75. The molecule has 1 aromatic carbocycles. The molecule has 1 atom stereocenters. The van der Waals surface area contributed by atoms with Gasteiger partial charge in [0.2, 0.25) is 5.88 Å². The lowest BCUT2D eigenvalue weighted by Gasteiger charge is -2.26. The van der Waals surface area contributed by atoms with Crippen molar-refractivity contribution in [3.8, 4) is 17.6 Å². The number of allylic oxidation sites excluding steroid dienone is 1. The van der Waals surface area contributed by atoms with Gasteiger partial charge in [0.25, 0.3) is 5.56 Å². The van der Waals surface area contributed by atoms with Crippen molar-refractivity contribution < 1.29 is 9.47 Å². The number of H-pyrrole nitrogens is 1. The van der Waals surface area contributed by atoms with E-state index in [0.717, 1.165) is 4.47 Å². The van der Waals surface area contributed by atoms with E-state index in [1.807, 2.05) is 12.1 Å². The summed E-state index contributed by atoms with van der Waals surface area (Å²) in [7, 11) is 1.53. The zero-order valence-corrected chi connectivity index (χ0v) is 14.6. The number of hydrogen-bond donors (Lipinski definition) is 2. The second kappa shape index (κ2) is 6.06. The summed E-state index contributed by atoms with van der Waals surface area (Å²) in [6, 6.07) is 9.15. The first-order chi connectivity index (χ1) is 11.5. The van der Waals surface area contributed by atoms with Crippen LogP contribution in [0.2, 0.25) is 0 Å². The number of halogens is 1. The Kier molecular flexibility index (Phi) is 4.08. The number of nitriles is 1. The van der Waals surface area contributed by atoms with Gasteiger partial charge in [-0.25, -0.2) is 0 Å². The molecule has 0 aliphatic carbocycles. The van der Waals surface area contributed by atoms with Gasteiger partial charge in [-0.05, 0) is 25.1 Å². The summed E-state index contributed by atoms with van der Waals surface area (Å²) in [6.07, 6.45) is 0. The minimum atomic E-state index is -0.671. The average Bonchev–Trinajstić information content (AvgIpc) is 2.53. The Bertz CT molecular complexity index is 957. The molecular weight excluding hydrogens is 374 g/mol. The number of rotatable bonds is 2. The standard InChI is InChI=1S/C17H14BrN3O3/c1-8-5-13-15(17(22)21-8)14(11(7-19)16(20)24-13)10-6-9(18)3-4-12(10)23-2/h3-6,14H,20H2,1-2H3,(H,21,22)/t14-/m1/s1. The molecule has 24 heavy (non-hydrogen) atoms. The van der Waals surface area contributed by atoms with Gasteiger partial charge >= 0.3 is 0 Å². The first-order valence-corrected chi connectivity index (χ1v) is 7.90. The van der Waals surface area contributed by atoms with Crippen LogP contribution in [-0.2, 0) is 0 Å². The normalized spacial score (nSPS) is 16.2. The fourth-order valence-electron chi connectivity index (χ4n) is 2.85. The average molecular weight is 388 g/mol. The molecule has 122 valence electrons. The fraction of sp³-hybridized carbons (Fsp3) is 0.176. The zero-order valence-electron chi connectivity index (χ0n) is 13.0. The summed E-state index contributed by atoms with van der Waals surface area (Å²) >= 11 is 3.42. The Morgan fingerprint density at radius 1 is 1.42 bits per heavy atom. The van der Waals surface area contributed by atoms with Gasteiger partial charge in [-0.2, -0.15) is 5.26 Å². The molecule has 0 saturated heterocycles. The van der Waals surface area contributed by atoms with Gasteiger partial charge in [-0.3, -0.25) is 4.79 Å². The third-order valence-electron chi connectivity index (χ3n) is 3.85. The third kappa shape index (κ3) is 2.55. The van der Waals surface area contributed by atoms with E-state index in [0.29, 0.717) is 28.3 Å². The summed E-state index contributed by atoms with van der Waals surface area (Å²) in [4.78, 5) is 15.3. The van der Waals surface area contributed by atoms with Crippen LogP contribution in [0.15, 0.2) is 45.0 Å². The summed E-state index contributed by atoms with van der Waals surface area (Å²) in [5.74, 6) is 0.217. The van der Waals surface area contributed by atoms with Crippen LogP contribution in [0, 0.1) is 18.3 Å². The second-order valence-electron chi connectivity index (χ2n) is 5.37. The maximum atomic E-state index is 12.6. The zero-order chi connectivity index (χ0) is 17.4. The van der Waals surface area contributed by atoms with Crippen molar-refractivity contribution in [2.75, 3.05) is 7.11 Å². The number of nitrogens with two attached hydrogens (primary N) is 1.